The first kappa shape index (κ1) is 14.9. The average molecular weight is 306 g/mol. The number of carbonyl (C=O) groups is 1. The van der Waals surface area contributed by atoms with Crippen LogP contribution < -0.4 is 10.2 Å². The topological polar surface area (TPSA) is 113 Å². The number of aliphatic hydroxyl groups is 2. The van der Waals surface area contributed by atoms with E-state index >= 15 is 0 Å². The number of aromatic nitrogens is 2. The summed E-state index contributed by atoms with van der Waals surface area (Å²) >= 11 is 5.60. The Bertz CT molecular complexity index is 562. The SMILES string of the molecule is CC(=O)OC[C@H]1O[C@@H]([n+]2ccc(Cl)c(=O)[nH]2)[C@H](O)[C@@H]1O. The van der Waals surface area contributed by atoms with Gasteiger partial charge in [-0.05, 0) is 0 Å². The Labute approximate surface area is 118 Å². The molecule has 1 saturated heterocycles. The molecule has 20 heavy (non-hydrogen) atoms. The number of carbonyl (C=O) groups excluding carboxylic acids is 1. The standard InChI is InChI=1S/C11H13ClN2O6/c1-5(15)19-4-7-8(16)9(17)11(20-7)14-3-2-6(12)10(18)13-14/h2-3,7-9,11,16-17H,4H2,1H3/p+1/t7-,8-,9-,11-/m1/s1. The molecule has 0 radical (unpaired) electrons. The van der Waals surface area contributed by atoms with Gasteiger partial charge in [0, 0.05) is 13.0 Å². The molecule has 0 spiro atoms. The Morgan fingerprint density at radius 3 is 2.85 bits per heavy atom. The van der Waals surface area contributed by atoms with Gasteiger partial charge in [0.2, 0.25) is 0 Å². The predicted octanol–water partition coefficient (Wildman–Crippen LogP) is -1.50. The van der Waals surface area contributed by atoms with Gasteiger partial charge < -0.3 is 19.7 Å². The Balaban J connectivity index is 2.15. The maximum atomic E-state index is 11.4. The fraction of sp³-hybridized carbons (Fsp3) is 0.545. The maximum absolute atomic E-state index is 11.4. The largest absolute Gasteiger partial charge is 0.463 e. The van der Waals surface area contributed by atoms with Gasteiger partial charge in [0.05, 0.1) is 0 Å². The van der Waals surface area contributed by atoms with Crippen LogP contribution in [0.5, 0.6) is 0 Å². The van der Waals surface area contributed by atoms with Crippen LogP contribution in [0.1, 0.15) is 13.2 Å². The van der Waals surface area contributed by atoms with Crippen LogP contribution in [-0.4, -0.2) is 46.2 Å². The normalized spacial score (nSPS) is 29.4. The first-order valence-corrected chi connectivity index (χ1v) is 6.23. The summed E-state index contributed by atoms with van der Waals surface area (Å²) in [6.45, 7) is 1.03. The van der Waals surface area contributed by atoms with E-state index in [0.717, 1.165) is 0 Å². The monoisotopic (exact) mass is 305 g/mol. The minimum atomic E-state index is -1.28. The summed E-state index contributed by atoms with van der Waals surface area (Å²) in [4.78, 5) is 22.1. The molecule has 1 fully saturated rings. The molecule has 1 aromatic rings. The number of hydrogen-bond acceptors (Lipinski definition) is 6. The molecular formula is C11H14ClN2O6+. The molecule has 0 aliphatic carbocycles. The minimum Gasteiger partial charge on any atom is -0.463 e. The van der Waals surface area contributed by atoms with E-state index in [0.29, 0.717) is 0 Å². The van der Waals surface area contributed by atoms with Crippen molar-refractivity contribution in [3.05, 3.63) is 27.6 Å². The molecule has 1 aliphatic rings. The van der Waals surface area contributed by atoms with Crippen molar-refractivity contribution in [2.45, 2.75) is 31.5 Å². The number of aromatic amines is 1. The van der Waals surface area contributed by atoms with Crippen molar-refractivity contribution in [1.29, 1.82) is 0 Å². The number of H-pyrrole nitrogens is 1. The van der Waals surface area contributed by atoms with Crippen LogP contribution in [0.2, 0.25) is 5.02 Å². The number of aliphatic hydroxyl groups excluding tert-OH is 2. The third kappa shape index (κ3) is 2.98. The molecule has 8 nitrogen and oxygen atoms in total. The van der Waals surface area contributed by atoms with Gasteiger partial charge in [-0.1, -0.05) is 16.3 Å². The van der Waals surface area contributed by atoms with Crippen LogP contribution in [0.3, 0.4) is 0 Å². The molecular weight excluding hydrogens is 292 g/mol. The van der Waals surface area contributed by atoms with Crippen molar-refractivity contribution in [2.75, 3.05) is 6.61 Å². The molecule has 0 unspecified atom stereocenters. The molecule has 0 amide bonds. The molecule has 2 rings (SSSR count). The zero-order chi connectivity index (χ0) is 14.9. The summed E-state index contributed by atoms with van der Waals surface area (Å²) in [6.07, 6.45) is -3.01. The molecule has 1 aliphatic heterocycles. The molecule has 3 N–H and O–H groups in total. The Hall–Kier alpha value is -1.48. The summed E-state index contributed by atoms with van der Waals surface area (Å²) < 4.78 is 11.3. The highest BCUT2D eigenvalue weighted by Gasteiger charge is 2.49. The summed E-state index contributed by atoms with van der Waals surface area (Å²) in [5, 5.41) is 22.1. The van der Waals surface area contributed by atoms with Crippen molar-refractivity contribution >= 4 is 17.6 Å². The van der Waals surface area contributed by atoms with Crippen molar-refractivity contribution in [3.63, 3.8) is 0 Å². The summed E-state index contributed by atoms with van der Waals surface area (Å²) in [5.41, 5.74) is -0.553. The van der Waals surface area contributed by atoms with Gasteiger partial charge >= 0.3 is 17.8 Å². The van der Waals surface area contributed by atoms with Gasteiger partial charge in [-0.25, -0.2) is 0 Å². The molecule has 110 valence electrons. The van der Waals surface area contributed by atoms with E-state index in [2.05, 4.69) is 5.10 Å². The highest BCUT2D eigenvalue weighted by molar-refractivity contribution is 6.30. The van der Waals surface area contributed by atoms with Gasteiger partial charge in [0.15, 0.2) is 12.3 Å². The molecule has 0 aromatic carbocycles. The van der Waals surface area contributed by atoms with Crippen LogP contribution in [-0.2, 0) is 14.3 Å². The van der Waals surface area contributed by atoms with Crippen LogP contribution in [0.15, 0.2) is 17.1 Å². The van der Waals surface area contributed by atoms with E-state index in [1.165, 1.54) is 23.9 Å². The number of ether oxygens (including phenoxy) is 2. The molecule has 0 bridgehead atoms. The third-order valence-electron chi connectivity index (χ3n) is 2.89. The first-order chi connectivity index (χ1) is 9.40. The van der Waals surface area contributed by atoms with Gasteiger partial charge in [-0.15, -0.1) is 5.10 Å². The molecule has 2 heterocycles. The number of nitrogens with one attached hydrogen (secondary N) is 1. The second-order valence-electron chi connectivity index (χ2n) is 4.36. The molecule has 0 saturated carbocycles. The van der Waals surface area contributed by atoms with E-state index in [-0.39, 0.29) is 11.6 Å². The fourth-order valence-electron chi connectivity index (χ4n) is 1.87. The van der Waals surface area contributed by atoms with Crippen molar-refractivity contribution in [3.8, 4) is 0 Å². The lowest BCUT2D eigenvalue weighted by Crippen LogP contribution is -2.51. The van der Waals surface area contributed by atoms with Crippen LogP contribution >= 0.6 is 11.6 Å². The van der Waals surface area contributed by atoms with Crippen molar-refractivity contribution < 1.29 is 29.2 Å². The number of halogens is 1. The molecule has 4 atom stereocenters. The number of esters is 1. The van der Waals surface area contributed by atoms with Gasteiger partial charge in [0.25, 0.3) is 0 Å². The number of rotatable bonds is 3. The lowest BCUT2D eigenvalue weighted by atomic mass is 10.1. The highest BCUT2D eigenvalue weighted by Crippen LogP contribution is 2.25. The quantitative estimate of drug-likeness (QED) is 0.463. The Morgan fingerprint density at radius 2 is 2.25 bits per heavy atom. The van der Waals surface area contributed by atoms with Crippen LogP contribution in [0.25, 0.3) is 0 Å². The highest BCUT2D eigenvalue weighted by atomic mass is 35.5. The van der Waals surface area contributed by atoms with Crippen LogP contribution in [0, 0.1) is 0 Å². The Morgan fingerprint density at radius 1 is 1.55 bits per heavy atom. The number of nitrogens with zero attached hydrogens (tertiary/aromatic N) is 1. The zero-order valence-electron chi connectivity index (χ0n) is 10.5. The second-order valence-corrected chi connectivity index (χ2v) is 4.77. The summed E-state index contributed by atoms with van der Waals surface area (Å²) in [7, 11) is 0. The van der Waals surface area contributed by atoms with Crippen molar-refractivity contribution in [1.82, 2.24) is 5.10 Å². The van der Waals surface area contributed by atoms with Gasteiger partial charge in [-0.3, -0.25) is 9.59 Å². The minimum absolute atomic E-state index is 0.00857. The fourth-order valence-corrected chi connectivity index (χ4v) is 1.97. The van der Waals surface area contributed by atoms with E-state index < -0.39 is 36.1 Å². The average Bonchev–Trinajstić information content (AvgIpc) is 2.67. The van der Waals surface area contributed by atoms with E-state index in [9.17, 15) is 19.8 Å². The second kappa shape index (κ2) is 5.88. The lowest BCUT2D eigenvalue weighted by Gasteiger charge is -2.12. The van der Waals surface area contributed by atoms with Gasteiger partial charge in [-0.2, -0.15) is 0 Å². The first-order valence-electron chi connectivity index (χ1n) is 5.85. The molecule has 9 heteroatoms. The number of hydrogen-bond donors (Lipinski definition) is 3. The predicted molar refractivity (Wildman–Crippen MR) is 64.8 cm³/mol. The lowest BCUT2D eigenvalue weighted by molar-refractivity contribution is -0.815. The maximum Gasteiger partial charge on any atom is 0.316 e. The smallest absolute Gasteiger partial charge is 0.316 e. The van der Waals surface area contributed by atoms with E-state index in [4.69, 9.17) is 21.1 Å². The van der Waals surface area contributed by atoms with Crippen LogP contribution in [0.4, 0.5) is 0 Å². The van der Waals surface area contributed by atoms with E-state index in [1.807, 2.05) is 0 Å². The summed E-state index contributed by atoms with van der Waals surface area (Å²) in [5.74, 6) is -0.522. The van der Waals surface area contributed by atoms with Crippen molar-refractivity contribution in [2.24, 2.45) is 0 Å². The molecule has 1 aromatic heterocycles. The zero-order valence-corrected chi connectivity index (χ0v) is 11.3. The summed E-state index contributed by atoms with van der Waals surface area (Å²) in [6, 6.07) is 1.34. The van der Waals surface area contributed by atoms with E-state index in [1.54, 1.807) is 0 Å². The third-order valence-corrected chi connectivity index (χ3v) is 3.19. The van der Waals surface area contributed by atoms with Gasteiger partial charge in [0.1, 0.15) is 23.8 Å². The Kier molecular flexibility index (Phi) is 4.39.